The third-order valence-corrected chi connectivity index (χ3v) is 5.11. The van der Waals surface area contributed by atoms with Crippen LogP contribution in [0.2, 0.25) is 0 Å². The van der Waals surface area contributed by atoms with Crippen molar-refractivity contribution < 1.29 is 5.11 Å². The van der Waals surface area contributed by atoms with Crippen LogP contribution < -0.4 is 0 Å². The van der Waals surface area contributed by atoms with Crippen LogP contribution in [0.25, 0.3) is 0 Å². The third kappa shape index (κ3) is 3.48. The van der Waals surface area contributed by atoms with Gasteiger partial charge in [-0.05, 0) is 51.5 Å². The van der Waals surface area contributed by atoms with Gasteiger partial charge in [-0.25, -0.2) is 0 Å². The topological polar surface area (TPSA) is 23.5 Å². The highest BCUT2D eigenvalue weighted by atomic mass is 16.3. The molecule has 1 saturated carbocycles. The average molecular weight is 253 g/mol. The molecule has 0 aromatic carbocycles. The first kappa shape index (κ1) is 14.3. The van der Waals surface area contributed by atoms with Crippen molar-refractivity contribution in [2.45, 2.75) is 89.8 Å². The number of piperidine rings is 1. The number of aliphatic hydroxyl groups excluding tert-OH is 1. The fraction of sp³-hybridized carbons (Fsp3) is 1.00. The summed E-state index contributed by atoms with van der Waals surface area (Å²) in [7, 11) is 0. The number of aliphatic hydroxyl groups is 1. The van der Waals surface area contributed by atoms with E-state index in [1.807, 2.05) is 6.92 Å². The van der Waals surface area contributed by atoms with Crippen LogP contribution in [0.15, 0.2) is 0 Å². The lowest BCUT2D eigenvalue weighted by molar-refractivity contribution is 0.0153. The lowest BCUT2D eigenvalue weighted by Crippen LogP contribution is -2.51. The average Bonchev–Trinajstić information content (AvgIpc) is 2.39. The van der Waals surface area contributed by atoms with Gasteiger partial charge in [0.25, 0.3) is 0 Å². The van der Waals surface area contributed by atoms with Crippen LogP contribution in [0.4, 0.5) is 0 Å². The molecule has 2 aliphatic rings. The summed E-state index contributed by atoms with van der Waals surface area (Å²) in [5.41, 5.74) is 0. The molecular weight excluding hydrogens is 222 g/mol. The Morgan fingerprint density at radius 2 is 1.83 bits per heavy atom. The largest absolute Gasteiger partial charge is 0.393 e. The molecule has 0 bridgehead atoms. The Bertz CT molecular complexity index is 241. The molecule has 0 amide bonds. The summed E-state index contributed by atoms with van der Waals surface area (Å²) >= 11 is 0. The fourth-order valence-corrected chi connectivity index (χ4v) is 4.21. The van der Waals surface area contributed by atoms with Gasteiger partial charge in [0, 0.05) is 12.1 Å². The van der Waals surface area contributed by atoms with Crippen LogP contribution in [0.5, 0.6) is 0 Å². The number of nitrogens with zero attached hydrogens (tertiary/aromatic N) is 1. The van der Waals surface area contributed by atoms with E-state index in [4.69, 9.17) is 0 Å². The molecule has 0 spiro atoms. The molecule has 0 radical (unpaired) electrons. The Hall–Kier alpha value is -0.0800. The lowest BCUT2D eigenvalue weighted by Gasteiger charge is -2.46. The van der Waals surface area contributed by atoms with Crippen LogP contribution >= 0.6 is 0 Å². The normalized spacial score (nSPS) is 36.5. The van der Waals surface area contributed by atoms with E-state index in [1.54, 1.807) is 0 Å². The quantitative estimate of drug-likeness (QED) is 0.828. The summed E-state index contributed by atoms with van der Waals surface area (Å²) in [6.07, 6.45) is 11.9. The predicted molar refractivity (Wildman–Crippen MR) is 76.7 cm³/mol. The zero-order valence-corrected chi connectivity index (χ0v) is 12.3. The highest BCUT2D eigenvalue weighted by Crippen LogP contribution is 2.35. The molecule has 2 rings (SSSR count). The Morgan fingerprint density at radius 3 is 2.56 bits per heavy atom. The molecule has 0 aromatic rings. The SMILES string of the molecule is CCC1CCCCC1N1CCCCC1CC(C)O. The van der Waals surface area contributed by atoms with Crippen molar-refractivity contribution in [3.63, 3.8) is 0 Å². The molecule has 1 N–H and O–H groups in total. The highest BCUT2D eigenvalue weighted by molar-refractivity contribution is 4.89. The Kier molecular flexibility index (Phi) is 5.50. The van der Waals surface area contributed by atoms with Crippen LogP contribution in [0.3, 0.4) is 0 Å². The number of likely N-dealkylation sites (tertiary alicyclic amines) is 1. The minimum absolute atomic E-state index is 0.140. The second-order valence-corrected chi connectivity index (χ2v) is 6.49. The van der Waals surface area contributed by atoms with Crippen LogP contribution in [0, 0.1) is 5.92 Å². The van der Waals surface area contributed by atoms with Crippen molar-refractivity contribution in [1.82, 2.24) is 4.90 Å². The molecule has 1 heterocycles. The maximum Gasteiger partial charge on any atom is 0.0527 e. The van der Waals surface area contributed by atoms with E-state index in [-0.39, 0.29) is 6.10 Å². The second-order valence-electron chi connectivity index (χ2n) is 6.49. The van der Waals surface area contributed by atoms with Crippen LogP contribution in [-0.2, 0) is 0 Å². The number of hydrogen-bond donors (Lipinski definition) is 1. The van der Waals surface area contributed by atoms with E-state index in [2.05, 4.69) is 11.8 Å². The van der Waals surface area contributed by atoms with Gasteiger partial charge >= 0.3 is 0 Å². The molecule has 4 unspecified atom stereocenters. The molecule has 0 aromatic heterocycles. The maximum absolute atomic E-state index is 9.72. The van der Waals surface area contributed by atoms with E-state index in [0.29, 0.717) is 6.04 Å². The third-order valence-electron chi connectivity index (χ3n) is 5.11. The summed E-state index contributed by atoms with van der Waals surface area (Å²) in [5.74, 6) is 0.911. The van der Waals surface area contributed by atoms with Gasteiger partial charge in [0.05, 0.1) is 6.10 Å². The fourth-order valence-electron chi connectivity index (χ4n) is 4.21. The van der Waals surface area contributed by atoms with Gasteiger partial charge in [-0.1, -0.05) is 32.6 Å². The Labute approximate surface area is 113 Å². The number of hydrogen-bond acceptors (Lipinski definition) is 2. The number of rotatable bonds is 4. The first-order valence-corrected chi connectivity index (χ1v) is 8.16. The lowest BCUT2D eigenvalue weighted by atomic mass is 9.80. The van der Waals surface area contributed by atoms with Crippen LogP contribution in [-0.4, -0.2) is 34.7 Å². The summed E-state index contributed by atoms with van der Waals surface area (Å²) in [6.45, 7) is 5.58. The summed E-state index contributed by atoms with van der Waals surface area (Å²) in [5, 5.41) is 9.72. The van der Waals surface area contributed by atoms with E-state index < -0.39 is 0 Å². The van der Waals surface area contributed by atoms with Gasteiger partial charge < -0.3 is 5.11 Å². The van der Waals surface area contributed by atoms with E-state index in [9.17, 15) is 5.11 Å². The monoisotopic (exact) mass is 253 g/mol. The van der Waals surface area contributed by atoms with Crippen molar-refractivity contribution in [2.75, 3.05) is 6.54 Å². The first-order chi connectivity index (χ1) is 8.72. The zero-order chi connectivity index (χ0) is 13.0. The minimum atomic E-state index is -0.140. The van der Waals surface area contributed by atoms with Gasteiger partial charge in [0.1, 0.15) is 0 Å². The molecule has 4 atom stereocenters. The zero-order valence-electron chi connectivity index (χ0n) is 12.3. The molecule has 2 fully saturated rings. The van der Waals surface area contributed by atoms with Gasteiger partial charge in [0.2, 0.25) is 0 Å². The second kappa shape index (κ2) is 6.91. The standard InChI is InChI=1S/C16H31NO/c1-3-14-8-4-5-10-16(14)17-11-7-6-9-15(17)12-13(2)18/h13-16,18H,3-12H2,1-2H3. The Balaban J connectivity index is 2.01. The van der Waals surface area contributed by atoms with Crippen molar-refractivity contribution in [3.05, 3.63) is 0 Å². The predicted octanol–water partition coefficient (Wildman–Crippen LogP) is 3.58. The van der Waals surface area contributed by atoms with Crippen molar-refractivity contribution >= 4 is 0 Å². The molecule has 1 aliphatic heterocycles. The first-order valence-electron chi connectivity index (χ1n) is 8.16. The van der Waals surface area contributed by atoms with Crippen molar-refractivity contribution in [3.8, 4) is 0 Å². The summed E-state index contributed by atoms with van der Waals surface area (Å²) in [4.78, 5) is 2.78. The minimum Gasteiger partial charge on any atom is -0.393 e. The molecule has 1 saturated heterocycles. The smallest absolute Gasteiger partial charge is 0.0527 e. The summed E-state index contributed by atoms with van der Waals surface area (Å²) in [6, 6.07) is 1.46. The van der Waals surface area contributed by atoms with E-state index >= 15 is 0 Å². The highest BCUT2D eigenvalue weighted by Gasteiger charge is 2.34. The van der Waals surface area contributed by atoms with E-state index in [0.717, 1.165) is 18.4 Å². The molecule has 2 heteroatoms. The van der Waals surface area contributed by atoms with Gasteiger partial charge in [0.15, 0.2) is 0 Å². The Morgan fingerprint density at radius 1 is 1.11 bits per heavy atom. The maximum atomic E-state index is 9.72. The van der Waals surface area contributed by atoms with Gasteiger partial charge in [-0.2, -0.15) is 0 Å². The van der Waals surface area contributed by atoms with E-state index in [1.165, 1.54) is 57.9 Å². The van der Waals surface area contributed by atoms with Gasteiger partial charge in [-0.15, -0.1) is 0 Å². The van der Waals surface area contributed by atoms with Gasteiger partial charge in [-0.3, -0.25) is 4.90 Å². The molecule has 2 nitrogen and oxygen atoms in total. The van der Waals surface area contributed by atoms with Crippen LogP contribution in [0.1, 0.15) is 71.6 Å². The molecule has 18 heavy (non-hydrogen) atoms. The van der Waals surface area contributed by atoms with Crippen molar-refractivity contribution in [2.24, 2.45) is 5.92 Å². The molecule has 106 valence electrons. The molecule has 1 aliphatic carbocycles. The van der Waals surface area contributed by atoms with Crippen molar-refractivity contribution in [1.29, 1.82) is 0 Å². The molecular formula is C16H31NO. The summed E-state index contributed by atoms with van der Waals surface area (Å²) < 4.78 is 0.